The molecule has 1 amide bonds. The summed E-state index contributed by atoms with van der Waals surface area (Å²) in [7, 11) is -3.62. The number of benzene rings is 2. The van der Waals surface area contributed by atoms with Crippen molar-refractivity contribution in [3.8, 4) is 0 Å². The fourth-order valence-electron chi connectivity index (χ4n) is 3.27. The van der Waals surface area contributed by atoms with Crippen LogP contribution in [0.1, 0.15) is 45.7 Å². The lowest BCUT2D eigenvalue weighted by molar-refractivity contribution is 0.0928. The highest BCUT2D eigenvalue weighted by Gasteiger charge is 2.28. The van der Waals surface area contributed by atoms with E-state index >= 15 is 0 Å². The highest BCUT2D eigenvalue weighted by Crippen LogP contribution is 2.23. The molecule has 0 spiro atoms. The Morgan fingerprint density at radius 3 is 2.62 bits per heavy atom. The minimum atomic E-state index is -3.62. The third kappa shape index (κ3) is 5.85. The maximum absolute atomic E-state index is 12.8. The summed E-state index contributed by atoms with van der Waals surface area (Å²) >= 11 is 0. The molecule has 1 aromatic heterocycles. The van der Waals surface area contributed by atoms with Crippen molar-refractivity contribution in [2.45, 2.75) is 50.5 Å². The van der Waals surface area contributed by atoms with Gasteiger partial charge in [0.25, 0.3) is 5.91 Å². The standard InChI is InChI=1S/C24H26N2O5S/c1-17-7-10-22(32(28,29)26-20-8-9-20)13-23(17)24(27)25-14-18-4-2-5-19(12-18)15-30-16-21-6-3-11-31-21/h2-7,10-13,20,26H,8-9,14-16H2,1H3,(H,25,27). The molecule has 8 heteroatoms. The summed E-state index contributed by atoms with van der Waals surface area (Å²) in [6.45, 7) is 2.93. The fraction of sp³-hybridized carbons (Fsp3) is 0.292. The van der Waals surface area contributed by atoms with Crippen LogP contribution in [0, 0.1) is 6.92 Å². The number of nitrogens with one attached hydrogen (secondary N) is 2. The highest BCUT2D eigenvalue weighted by molar-refractivity contribution is 7.89. The van der Waals surface area contributed by atoms with E-state index in [1.807, 2.05) is 36.4 Å². The lowest BCUT2D eigenvalue weighted by atomic mass is 10.1. The number of ether oxygens (including phenoxy) is 1. The van der Waals surface area contributed by atoms with Gasteiger partial charge < -0.3 is 14.5 Å². The van der Waals surface area contributed by atoms with Crippen molar-refractivity contribution in [2.24, 2.45) is 0 Å². The molecule has 1 heterocycles. The summed E-state index contributed by atoms with van der Waals surface area (Å²) in [6, 6.07) is 16.1. The van der Waals surface area contributed by atoms with Crippen molar-refractivity contribution in [3.63, 3.8) is 0 Å². The summed E-state index contributed by atoms with van der Waals surface area (Å²) in [6.07, 6.45) is 3.31. The molecule has 1 aliphatic carbocycles. The van der Waals surface area contributed by atoms with E-state index in [1.54, 1.807) is 19.3 Å². The molecule has 0 saturated heterocycles. The Kier molecular flexibility index (Phi) is 6.74. The molecule has 0 bridgehead atoms. The van der Waals surface area contributed by atoms with Crippen LogP contribution in [-0.4, -0.2) is 20.4 Å². The van der Waals surface area contributed by atoms with Gasteiger partial charge in [0, 0.05) is 18.2 Å². The molecule has 1 aliphatic rings. The second-order valence-electron chi connectivity index (χ2n) is 7.95. The van der Waals surface area contributed by atoms with Crippen LogP contribution in [0.2, 0.25) is 0 Å². The van der Waals surface area contributed by atoms with Crippen LogP contribution >= 0.6 is 0 Å². The first-order chi connectivity index (χ1) is 15.4. The molecule has 2 N–H and O–H groups in total. The van der Waals surface area contributed by atoms with Gasteiger partial charge in [0.05, 0.1) is 17.8 Å². The van der Waals surface area contributed by atoms with Crippen LogP contribution in [0.15, 0.2) is 70.2 Å². The molecular weight excluding hydrogens is 428 g/mol. The largest absolute Gasteiger partial charge is 0.467 e. The van der Waals surface area contributed by atoms with Crippen molar-refractivity contribution in [3.05, 3.63) is 88.9 Å². The first-order valence-electron chi connectivity index (χ1n) is 10.5. The van der Waals surface area contributed by atoms with Crippen LogP contribution in [0.5, 0.6) is 0 Å². The van der Waals surface area contributed by atoms with E-state index < -0.39 is 10.0 Å². The summed E-state index contributed by atoms with van der Waals surface area (Å²) in [5.41, 5.74) is 2.97. The van der Waals surface area contributed by atoms with E-state index in [0.717, 1.165) is 29.7 Å². The van der Waals surface area contributed by atoms with Crippen LogP contribution in [0.3, 0.4) is 0 Å². The Hall–Kier alpha value is -2.94. The van der Waals surface area contributed by atoms with Crippen LogP contribution in [0.4, 0.5) is 0 Å². The van der Waals surface area contributed by atoms with E-state index in [2.05, 4.69) is 10.0 Å². The summed E-state index contributed by atoms with van der Waals surface area (Å²) in [5.74, 6) is 0.450. The van der Waals surface area contributed by atoms with E-state index in [-0.39, 0.29) is 16.8 Å². The molecule has 1 fully saturated rings. The van der Waals surface area contributed by atoms with Gasteiger partial charge in [-0.1, -0.05) is 30.3 Å². The van der Waals surface area contributed by atoms with Crippen molar-refractivity contribution in [1.29, 1.82) is 0 Å². The van der Waals surface area contributed by atoms with E-state index in [4.69, 9.17) is 9.15 Å². The first kappa shape index (κ1) is 22.3. The Morgan fingerprint density at radius 2 is 1.88 bits per heavy atom. The van der Waals surface area contributed by atoms with Crippen molar-refractivity contribution >= 4 is 15.9 Å². The molecule has 3 aromatic rings. The Morgan fingerprint density at radius 1 is 1.06 bits per heavy atom. The van der Waals surface area contributed by atoms with E-state index in [0.29, 0.717) is 30.9 Å². The zero-order valence-corrected chi connectivity index (χ0v) is 18.7. The average Bonchev–Trinajstić information content (AvgIpc) is 3.42. The van der Waals surface area contributed by atoms with E-state index in [9.17, 15) is 13.2 Å². The van der Waals surface area contributed by atoms with Gasteiger partial charge in [0.2, 0.25) is 10.0 Å². The van der Waals surface area contributed by atoms with E-state index in [1.165, 1.54) is 12.1 Å². The average molecular weight is 455 g/mol. The molecule has 168 valence electrons. The monoisotopic (exact) mass is 454 g/mol. The zero-order valence-electron chi connectivity index (χ0n) is 17.8. The first-order valence-corrected chi connectivity index (χ1v) is 12.0. The Bertz CT molecular complexity index is 1180. The molecule has 1 saturated carbocycles. The van der Waals surface area contributed by atoms with Crippen LogP contribution in [-0.2, 0) is 34.5 Å². The number of rotatable bonds is 10. The number of aryl methyl sites for hydroxylation is 1. The van der Waals surface area contributed by atoms with Crippen LogP contribution in [0.25, 0.3) is 0 Å². The molecule has 0 atom stereocenters. The number of furan rings is 1. The van der Waals surface area contributed by atoms with Crippen LogP contribution < -0.4 is 10.0 Å². The van der Waals surface area contributed by atoms with Gasteiger partial charge >= 0.3 is 0 Å². The van der Waals surface area contributed by atoms with Gasteiger partial charge in [-0.05, 0) is 60.7 Å². The number of amides is 1. The maximum Gasteiger partial charge on any atom is 0.251 e. The normalized spacial score (nSPS) is 13.8. The minimum Gasteiger partial charge on any atom is -0.467 e. The van der Waals surface area contributed by atoms with Crippen molar-refractivity contribution in [1.82, 2.24) is 10.0 Å². The lowest BCUT2D eigenvalue weighted by Gasteiger charge is -2.12. The number of carbonyl (C=O) groups is 1. The summed E-state index contributed by atoms with van der Waals surface area (Å²) < 4.78 is 38.5. The smallest absolute Gasteiger partial charge is 0.251 e. The van der Waals surface area contributed by atoms with Gasteiger partial charge in [0.15, 0.2) is 0 Å². The molecule has 2 aromatic carbocycles. The third-order valence-corrected chi connectivity index (χ3v) is 6.72. The lowest BCUT2D eigenvalue weighted by Crippen LogP contribution is -2.27. The predicted molar refractivity (Wildman–Crippen MR) is 119 cm³/mol. The predicted octanol–water partition coefficient (Wildman–Crippen LogP) is 3.68. The molecule has 0 unspecified atom stereocenters. The number of carbonyl (C=O) groups excluding carboxylic acids is 1. The SMILES string of the molecule is Cc1ccc(S(=O)(=O)NC2CC2)cc1C(=O)NCc1cccc(COCc2ccco2)c1. The second-order valence-corrected chi connectivity index (χ2v) is 9.66. The topological polar surface area (TPSA) is 97.6 Å². The minimum absolute atomic E-state index is 0.00826. The molecule has 0 radical (unpaired) electrons. The molecule has 4 rings (SSSR count). The summed E-state index contributed by atoms with van der Waals surface area (Å²) in [5, 5.41) is 2.88. The van der Waals surface area contributed by atoms with Gasteiger partial charge in [-0.3, -0.25) is 4.79 Å². The maximum atomic E-state index is 12.8. The molecule has 7 nitrogen and oxygen atoms in total. The summed E-state index contributed by atoms with van der Waals surface area (Å²) in [4.78, 5) is 12.9. The van der Waals surface area contributed by atoms with Crippen molar-refractivity contribution < 1.29 is 22.4 Å². The molecule has 32 heavy (non-hydrogen) atoms. The zero-order chi connectivity index (χ0) is 22.6. The Balaban J connectivity index is 1.36. The number of hydrogen-bond donors (Lipinski definition) is 2. The molecule has 0 aliphatic heterocycles. The number of sulfonamides is 1. The third-order valence-electron chi connectivity index (χ3n) is 5.20. The number of hydrogen-bond acceptors (Lipinski definition) is 5. The van der Waals surface area contributed by atoms with Gasteiger partial charge in [0.1, 0.15) is 12.4 Å². The van der Waals surface area contributed by atoms with Gasteiger partial charge in [-0.25, -0.2) is 13.1 Å². The van der Waals surface area contributed by atoms with Gasteiger partial charge in [-0.2, -0.15) is 0 Å². The second kappa shape index (κ2) is 9.68. The van der Waals surface area contributed by atoms with Crippen molar-refractivity contribution in [2.75, 3.05) is 0 Å². The highest BCUT2D eigenvalue weighted by atomic mass is 32.2. The Labute approximate surface area is 187 Å². The molecular formula is C24H26N2O5S. The fourth-order valence-corrected chi connectivity index (χ4v) is 4.60. The van der Waals surface area contributed by atoms with Gasteiger partial charge in [-0.15, -0.1) is 0 Å². The quantitative estimate of drug-likeness (QED) is 0.487.